The molecule has 0 unspecified atom stereocenters. The van der Waals surface area contributed by atoms with Gasteiger partial charge in [0.2, 0.25) is 0 Å². The van der Waals surface area contributed by atoms with E-state index in [2.05, 4.69) is 0 Å². The van der Waals surface area contributed by atoms with Crippen LogP contribution in [0.25, 0.3) is 0 Å². The van der Waals surface area contributed by atoms with E-state index in [1.54, 1.807) is 0 Å². The maximum absolute atomic E-state index is 16.1. The monoisotopic (exact) mass is 352 g/mol. The molecule has 2 aromatic carbocycles. The van der Waals surface area contributed by atoms with Crippen LogP contribution in [0, 0.1) is 0 Å². The van der Waals surface area contributed by atoms with Crippen molar-refractivity contribution >= 4 is 17.5 Å². The molecular formula is C16H15F6P. The van der Waals surface area contributed by atoms with E-state index in [0.29, 0.717) is 6.66 Å². The van der Waals surface area contributed by atoms with Crippen LogP contribution < -0.4 is 10.6 Å². The Labute approximate surface area is 130 Å². The van der Waals surface area contributed by atoms with Gasteiger partial charge in [-0.2, -0.15) is 0 Å². The van der Waals surface area contributed by atoms with Crippen LogP contribution >= 0.6 is 6.91 Å². The minimum atomic E-state index is -6.21. The number of alkyl halides is 5. The molecule has 23 heavy (non-hydrogen) atoms. The summed E-state index contributed by atoms with van der Waals surface area (Å²) in [5, 5.41) is -1.11. The SMILES string of the molecule is CP(F)(c1ccccc1)(c1ccccc1)C(F)(F)C(F)(F)CF. The molecule has 0 heterocycles. The van der Waals surface area contributed by atoms with Crippen molar-refractivity contribution < 1.29 is 26.1 Å². The van der Waals surface area contributed by atoms with Crippen molar-refractivity contribution in [2.45, 2.75) is 11.6 Å². The van der Waals surface area contributed by atoms with Gasteiger partial charge in [0.25, 0.3) is 0 Å². The van der Waals surface area contributed by atoms with Crippen LogP contribution in [0.3, 0.4) is 0 Å². The van der Waals surface area contributed by atoms with Gasteiger partial charge >= 0.3 is 129 Å². The molecule has 0 aromatic heterocycles. The van der Waals surface area contributed by atoms with Crippen molar-refractivity contribution in [1.29, 1.82) is 0 Å². The second kappa shape index (κ2) is 5.52. The first-order valence-electron chi connectivity index (χ1n) is 6.74. The van der Waals surface area contributed by atoms with E-state index in [1.807, 2.05) is 0 Å². The molecule has 0 N–H and O–H groups in total. The van der Waals surface area contributed by atoms with E-state index in [-0.39, 0.29) is 0 Å². The van der Waals surface area contributed by atoms with E-state index in [0.717, 1.165) is 24.3 Å². The fraction of sp³-hybridized carbons (Fsp3) is 0.250. The second-order valence-electron chi connectivity index (χ2n) is 5.48. The minimum absolute atomic E-state index is 0.500. The number of hydrogen-bond acceptors (Lipinski definition) is 0. The molecule has 126 valence electrons. The first kappa shape index (κ1) is 17.8. The van der Waals surface area contributed by atoms with Crippen LogP contribution in [0.2, 0.25) is 0 Å². The molecule has 0 atom stereocenters. The summed E-state index contributed by atoms with van der Waals surface area (Å²) in [6.45, 7) is -8.36. The quantitative estimate of drug-likeness (QED) is 0.530. The Kier molecular flexibility index (Phi) is 4.27. The molecule has 0 aliphatic carbocycles. The number of halogens is 6. The summed E-state index contributed by atoms with van der Waals surface area (Å²) in [5.41, 5.74) is -5.20. The topological polar surface area (TPSA) is 0 Å². The van der Waals surface area contributed by atoms with Crippen molar-refractivity contribution in [3.05, 3.63) is 60.7 Å². The molecule has 0 nitrogen and oxygen atoms in total. The van der Waals surface area contributed by atoms with Gasteiger partial charge in [0.15, 0.2) is 0 Å². The Morgan fingerprint density at radius 2 is 1.13 bits per heavy atom. The van der Waals surface area contributed by atoms with Crippen LogP contribution in [0.1, 0.15) is 0 Å². The predicted octanol–water partition coefficient (Wildman–Crippen LogP) is 4.90. The molecule has 0 aliphatic rings. The number of rotatable bonds is 5. The third kappa shape index (κ3) is 2.35. The van der Waals surface area contributed by atoms with Crippen molar-refractivity contribution in [3.63, 3.8) is 0 Å². The zero-order chi connectivity index (χ0) is 17.4. The fourth-order valence-corrected chi connectivity index (χ4v) is 6.05. The van der Waals surface area contributed by atoms with Crippen LogP contribution in [0.5, 0.6) is 0 Å². The molecule has 0 fully saturated rings. The van der Waals surface area contributed by atoms with Gasteiger partial charge in [-0.05, 0) is 0 Å². The maximum atomic E-state index is 16.1. The molecular weight excluding hydrogens is 337 g/mol. The summed E-state index contributed by atoms with van der Waals surface area (Å²) in [7, 11) is 0. The summed E-state index contributed by atoms with van der Waals surface area (Å²) in [6, 6.07) is 12.2. The van der Waals surface area contributed by atoms with E-state index >= 15 is 4.20 Å². The van der Waals surface area contributed by atoms with Crippen LogP contribution in [0.15, 0.2) is 60.7 Å². The standard InChI is InChI=1S/C16H15F6P/c1-23(22,13-8-4-2-5-9-13,14-10-6-3-7-11-14)16(20,21)15(18,19)12-17/h2-11H,12H2,1H3. The first-order valence-corrected chi connectivity index (χ1v) is 9.31. The molecule has 0 aliphatic heterocycles. The predicted molar refractivity (Wildman–Crippen MR) is 82.0 cm³/mol. The van der Waals surface area contributed by atoms with Gasteiger partial charge in [0.1, 0.15) is 0 Å². The number of benzene rings is 2. The van der Waals surface area contributed by atoms with Gasteiger partial charge in [0.05, 0.1) is 0 Å². The summed E-state index contributed by atoms with van der Waals surface area (Å²) < 4.78 is 85.6. The molecule has 0 amide bonds. The van der Waals surface area contributed by atoms with Gasteiger partial charge in [-0.3, -0.25) is 0 Å². The van der Waals surface area contributed by atoms with Crippen LogP contribution in [-0.2, 0) is 0 Å². The van der Waals surface area contributed by atoms with Gasteiger partial charge < -0.3 is 0 Å². The second-order valence-corrected chi connectivity index (χ2v) is 9.93. The molecule has 7 heteroatoms. The first-order chi connectivity index (χ1) is 10.6. The summed E-state index contributed by atoms with van der Waals surface area (Å²) in [5.74, 6) is -5.12. The van der Waals surface area contributed by atoms with Gasteiger partial charge in [-0.15, -0.1) is 0 Å². The Balaban J connectivity index is 2.88. The van der Waals surface area contributed by atoms with Gasteiger partial charge in [0, 0.05) is 0 Å². The summed E-state index contributed by atoms with van der Waals surface area (Å²) in [4.78, 5) is 0. The molecule has 0 saturated carbocycles. The summed E-state index contributed by atoms with van der Waals surface area (Å²) in [6.07, 6.45) is 0. The Hall–Kier alpha value is -1.55. The van der Waals surface area contributed by atoms with Crippen molar-refractivity contribution in [3.8, 4) is 0 Å². The van der Waals surface area contributed by atoms with Gasteiger partial charge in [-0.1, -0.05) is 0 Å². The van der Waals surface area contributed by atoms with Crippen molar-refractivity contribution in [2.75, 3.05) is 13.3 Å². The van der Waals surface area contributed by atoms with E-state index in [9.17, 15) is 22.0 Å². The Morgan fingerprint density at radius 3 is 1.43 bits per heavy atom. The van der Waals surface area contributed by atoms with Crippen LogP contribution in [-0.4, -0.2) is 24.9 Å². The van der Waals surface area contributed by atoms with Crippen molar-refractivity contribution in [1.82, 2.24) is 0 Å². The van der Waals surface area contributed by atoms with E-state index in [4.69, 9.17) is 0 Å². The molecule has 2 rings (SSSR count). The molecule has 2 aromatic rings. The zero-order valence-corrected chi connectivity index (χ0v) is 13.1. The Morgan fingerprint density at radius 1 is 0.783 bits per heavy atom. The third-order valence-corrected chi connectivity index (χ3v) is 8.73. The normalized spacial score (nSPS) is 15.0. The molecule has 0 saturated heterocycles. The molecule has 0 spiro atoms. The van der Waals surface area contributed by atoms with Gasteiger partial charge in [-0.25, -0.2) is 0 Å². The zero-order valence-electron chi connectivity index (χ0n) is 12.2. The average Bonchev–Trinajstić information content (AvgIpc) is 2.56. The average molecular weight is 352 g/mol. The fourth-order valence-electron chi connectivity index (χ4n) is 2.51. The van der Waals surface area contributed by atoms with Crippen LogP contribution in [0.4, 0.5) is 26.1 Å². The molecule has 0 bridgehead atoms. The summed E-state index contributed by atoms with van der Waals surface area (Å²) >= 11 is 0. The third-order valence-electron chi connectivity index (χ3n) is 4.02. The molecule has 0 radical (unpaired) electrons. The number of hydrogen-bond donors (Lipinski definition) is 0. The Bertz CT molecular complexity index is 626. The van der Waals surface area contributed by atoms with E-state index in [1.165, 1.54) is 36.4 Å². The van der Waals surface area contributed by atoms with E-state index < -0.39 is 35.8 Å². The van der Waals surface area contributed by atoms with Crippen molar-refractivity contribution in [2.24, 2.45) is 0 Å².